The van der Waals surface area contributed by atoms with Gasteiger partial charge in [0.15, 0.2) is 0 Å². The summed E-state index contributed by atoms with van der Waals surface area (Å²) in [5.74, 6) is 0. The summed E-state index contributed by atoms with van der Waals surface area (Å²) in [5.41, 5.74) is 7.75. The summed E-state index contributed by atoms with van der Waals surface area (Å²) >= 11 is 0. The van der Waals surface area contributed by atoms with E-state index >= 15 is 0 Å². The van der Waals surface area contributed by atoms with Crippen molar-refractivity contribution in [1.29, 1.82) is 0 Å². The van der Waals surface area contributed by atoms with E-state index in [-0.39, 0.29) is 5.56 Å². The lowest BCUT2D eigenvalue weighted by Crippen LogP contribution is -2.19. The van der Waals surface area contributed by atoms with E-state index in [2.05, 4.69) is 72.8 Å². The number of pyridine rings is 1. The zero-order chi connectivity index (χ0) is 26.6. The number of aromatic nitrogens is 1. The van der Waals surface area contributed by atoms with E-state index in [1.165, 1.54) is 0 Å². The van der Waals surface area contributed by atoms with Gasteiger partial charge in [0.25, 0.3) is 5.56 Å². The van der Waals surface area contributed by atoms with Crippen LogP contribution in [0.3, 0.4) is 0 Å². The Kier molecular flexibility index (Phi) is 4.98. The fraction of sp³-hybridized carbons (Fsp3) is 0. The molecule has 3 nitrogen and oxygen atoms in total. The van der Waals surface area contributed by atoms with Crippen LogP contribution < -0.4 is 5.56 Å². The van der Waals surface area contributed by atoms with Gasteiger partial charge in [0.05, 0.1) is 11.2 Å². The predicted molar refractivity (Wildman–Crippen MR) is 165 cm³/mol. The summed E-state index contributed by atoms with van der Waals surface area (Å²) in [4.78, 5) is 14.2. The molecule has 0 unspecified atom stereocenters. The third-order valence-corrected chi connectivity index (χ3v) is 7.81. The molecule has 188 valence electrons. The fourth-order valence-corrected chi connectivity index (χ4v) is 5.86. The SMILES string of the molecule is O=c1c2ccc(-c3ccccc3)cc2c2cc(-c3ccccc3)ccc2n1-c1ccc2oc3ccccc3c2c1. The molecule has 8 rings (SSSR count). The number of nitrogens with zero attached hydrogens (tertiary/aromatic N) is 1. The van der Waals surface area contributed by atoms with Crippen molar-refractivity contribution in [3.05, 3.63) is 150 Å². The summed E-state index contributed by atoms with van der Waals surface area (Å²) in [6.45, 7) is 0. The van der Waals surface area contributed by atoms with E-state index in [0.717, 1.165) is 66.2 Å². The zero-order valence-corrected chi connectivity index (χ0v) is 21.5. The molecule has 3 heteroatoms. The average molecular weight is 514 g/mol. The summed E-state index contributed by atoms with van der Waals surface area (Å²) in [5, 5.41) is 4.70. The Hall–Kier alpha value is -5.41. The Morgan fingerprint density at radius 3 is 1.80 bits per heavy atom. The van der Waals surface area contributed by atoms with Crippen LogP contribution in [0.15, 0.2) is 149 Å². The lowest BCUT2D eigenvalue weighted by molar-refractivity contribution is 0.669. The topological polar surface area (TPSA) is 35.1 Å². The molecule has 0 amide bonds. The molecule has 2 aromatic heterocycles. The minimum atomic E-state index is -0.0401. The van der Waals surface area contributed by atoms with Gasteiger partial charge in [-0.15, -0.1) is 0 Å². The molecular formula is C37H23NO2. The van der Waals surface area contributed by atoms with Gasteiger partial charge in [-0.2, -0.15) is 0 Å². The maximum Gasteiger partial charge on any atom is 0.263 e. The molecule has 0 aliphatic carbocycles. The maximum atomic E-state index is 14.2. The van der Waals surface area contributed by atoms with E-state index in [1.807, 2.05) is 71.3 Å². The van der Waals surface area contributed by atoms with Crippen LogP contribution in [0.2, 0.25) is 0 Å². The van der Waals surface area contributed by atoms with Crippen molar-refractivity contribution in [1.82, 2.24) is 4.57 Å². The highest BCUT2D eigenvalue weighted by Crippen LogP contribution is 2.34. The van der Waals surface area contributed by atoms with Gasteiger partial charge in [0, 0.05) is 21.5 Å². The average Bonchev–Trinajstić information content (AvgIpc) is 3.40. The first-order valence-corrected chi connectivity index (χ1v) is 13.4. The molecule has 6 aromatic carbocycles. The number of benzene rings is 6. The Balaban J connectivity index is 1.46. The molecule has 2 heterocycles. The molecule has 8 aromatic rings. The van der Waals surface area contributed by atoms with Crippen LogP contribution in [0.1, 0.15) is 0 Å². The molecule has 0 aliphatic rings. The van der Waals surface area contributed by atoms with Gasteiger partial charge in [-0.05, 0) is 76.2 Å². The van der Waals surface area contributed by atoms with E-state index in [1.54, 1.807) is 0 Å². The van der Waals surface area contributed by atoms with Crippen molar-refractivity contribution in [3.8, 4) is 27.9 Å². The summed E-state index contributed by atoms with van der Waals surface area (Å²) in [6.07, 6.45) is 0. The maximum absolute atomic E-state index is 14.2. The number of rotatable bonds is 3. The van der Waals surface area contributed by atoms with Crippen molar-refractivity contribution in [2.24, 2.45) is 0 Å². The predicted octanol–water partition coefficient (Wildman–Crippen LogP) is 9.38. The van der Waals surface area contributed by atoms with E-state index in [9.17, 15) is 4.79 Å². The van der Waals surface area contributed by atoms with Crippen LogP contribution >= 0.6 is 0 Å². The first-order chi connectivity index (χ1) is 19.7. The van der Waals surface area contributed by atoms with E-state index in [0.29, 0.717) is 5.39 Å². The molecule has 40 heavy (non-hydrogen) atoms. The van der Waals surface area contributed by atoms with Crippen molar-refractivity contribution in [2.75, 3.05) is 0 Å². The molecular weight excluding hydrogens is 490 g/mol. The first-order valence-electron chi connectivity index (χ1n) is 13.4. The second-order valence-corrected chi connectivity index (χ2v) is 10.1. The molecule has 0 saturated heterocycles. The highest BCUT2D eigenvalue weighted by atomic mass is 16.3. The molecule has 0 fully saturated rings. The zero-order valence-electron chi connectivity index (χ0n) is 21.5. The van der Waals surface area contributed by atoms with Gasteiger partial charge >= 0.3 is 0 Å². The van der Waals surface area contributed by atoms with Gasteiger partial charge < -0.3 is 4.42 Å². The standard InChI is InChI=1S/C37H23NO2/c39-37-30-18-15-26(24-9-3-1-4-10-24)21-31(30)32-22-27(25-11-5-2-6-12-25)16-19-34(32)38(37)28-17-20-36-33(23-28)29-13-7-8-14-35(29)40-36/h1-23H. The van der Waals surface area contributed by atoms with E-state index < -0.39 is 0 Å². The molecule has 0 N–H and O–H groups in total. The Bertz CT molecular complexity index is 2280. The molecule has 0 spiro atoms. The second-order valence-electron chi connectivity index (χ2n) is 10.1. The normalized spacial score (nSPS) is 11.6. The first kappa shape index (κ1) is 22.6. The summed E-state index contributed by atoms with van der Waals surface area (Å²) in [7, 11) is 0. The van der Waals surface area contributed by atoms with Gasteiger partial charge in [-0.1, -0.05) is 91.0 Å². The van der Waals surface area contributed by atoms with Crippen LogP contribution in [0.5, 0.6) is 0 Å². The van der Waals surface area contributed by atoms with Crippen molar-refractivity contribution >= 4 is 43.6 Å². The molecule has 0 bridgehead atoms. The monoisotopic (exact) mass is 513 g/mol. The molecule has 0 saturated carbocycles. The largest absolute Gasteiger partial charge is 0.456 e. The van der Waals surface area contributed by atoms with Crippen LogP contribution in [0, 0.1) is 0 Å². The smallest absolute Gasteiger partial charge is 0.263 e. The van der Waals surface area contributed by atoms with Gasteiger partial charge in [0.1, 0.15) is 11.2 Å². The third kappa shape index (κ3) is 3.49. The molecule has 0 aliphatic heterocycles. The number of hydrogen-bond donors (Lipinski definition) is 0. The van der Waals surface area contributed by atoms with Crippen LogP contribution in [0.4, 0.5) is 0 Å². The summed E-state index contributed by atoms with van der Waals surface area (Å²) in [6, 6.07) is 47.2. The van der Waals surface area contributed by atoms with Crippen molar-refractivity contribution in [3.63, 3.8) is 0 Å². The minimum Gasteiger partial charge on any atom is -0.456 e. The van der Waals surface area contributed by atoms with Crippen LogP contribution in [-0.2, 0) is 0 Å². The number of para-hydroxylation sites is 1. The van der Waals surface area contributed by atoms with Gasteiger partial charge in [0.2, 0.25) is 0 Å². The third-order valence-electron chi connectivity index (χ3n) is 7.81. The van der Waals surface area contributed by atoms with Crippen LogP contribution in [0.25, 0.3) is 71.6 Å². The summed E-state index contributed by atoms with van der Waals surface area (Å²) < 4.78 is 7.91. The van der Waals surface area contributed by atoms with Crippen molar-refractivity contribution in [2.45, 2.75) is 0 Å². The lowest BCUT2D eigenvalue weighted by Gasteiger charge is -2.16. The van der Waals surface area contributed by atoms with Crippen LogP contribution in [-0.4, -0.2) is 4.57 Å². The van der Waals surface area contributed by atoms with Gasteiger partial charge in [-0.3, -0.25) is 9.36 Å². The number of furan rings is 1. The molecule has 0 radical (unpaired) electrons. The Morgan fingerprint density at radius 1 is 0.425 bits per heavy atom. The van der Waals surface area contributed by atoms with Gasteiger partial charge in [-0.25, -0.2) is 0 Å². The quantitative estimate of drug-likeness (QED) is 0.221. The van der Waals surface area contributed by atoms with E-state index in [4.69, 9.17) is 4.42 Å². The lowest BCUT2D eigenvalue weighted by atomic mass is 9.96. The Morgan fingerprint density at radius 2 is 1.05 bits per heavy atom. The number of hydrogen-bond acceptors (Lipinski definition) is 2. The molecule has 0 atom stereocenters. The highest BCUT2D eigenvalue weighted by molar-refractivity contribution is 6.10. The second kappa shape index (κ2) is 8.82. The number of fused-ring (bicyclic) bond motifs is 6. The van der Waals surface area contributed by atoms with Crippen molar-refractivity contribution < 1.29 is 4.42 Å². The highest BCUT2D eigenvalue weighted by Gasteiger charge is 2.16. The Labute approximate surface area is 230 Å². The minimum absolute atomic E-state index is 0.0401. The fourth-order valence-electron chi connectivity index (χ4n) is 5.86.